The van der Waals surface area contributed by atoms with E-state index in [0.717, 1.165) is 42.4 Å². The lowest BCUT2D eigenvalue weighted by Gasteiger charge is -2.34. The predicted molar refractivity (Wildman–Crippen MR) is 108 cm³/mol. The van der Waals surface area contributed by atoms with Crippen LogP contribution in [0.3, 0.4) is 0 Å². The van der Waals surface area contributed by atoms with Crippen LogP contribution in [0, 0.1) is 18.7 Å². The number of hydrogen-bond acceptors (Lipinski definition) is 0. The van der Waals surface area contributed by atoms with Crippen molar-refractivity contribution in [2.75, 3.05) is 0 Å². The van der Waals surface area contributed by atoms with Crippen molar-refractivity contribution in [2.24, 2.45) is 5.92 Å². The van der Waals surface area contributed by atoms with E-state index in [1.54, 1.807) is 18.2 Å². The highest BCUT2D eigenvalue weighted by Crippen LogP contribution is 2.43. The number of alkyl halides is 2. The van der Waals surface area contributed by atoms with E-state index in [1.165, 1.54) is 0 Å². The van der Waals surface area contributed by atoms with Crippen LogP contribution in [0.15, 0.2) is 66.3 Å². The Morgan fingerprint density at radius 1 is 0.786 bits per heavy atom. The molecule has 3 heteroatoms. The van der Waals surface area contributed by atoms with Gasteiger partial charge in [0.2, 0.25) is 0 Å². The first-order chi connectivity index (χ1) is 13.5. The van der Waals surface area contributed by atoms with Crippen LogP contribution >= 0.6 is 0 Å². The second kappa shape index (κ2) is 7.98. The average Bonchev–Trinajstić information content (AvgIpc) is 2.71. The van der Waals surface area contributed by atoms with Gasteiger partial charge in [-0.15, -0.1) is 0 Å². The molecule has 2 aromatic carbocycles. The van der Waals surface area contributed by atoms with Crippen molar-refractivity contribution in [3.05, 3.63) is 88.8 Å². The number of benzene rings is 2. The molecule has 0 spiro atoms. The summed E-state index contributed by atoms with van der Waals surface area (Å²) in [6.07, 6.45) is 3.43. The molecule has 2 unspecified atom stereocenters. The van der Waals surface area contributed by atoms with Gasteiger partial charge in [0, 0.05) is 0 Å². The highest BCUT2D eigenvalue weighted by molar-refractivity contribution is 5.73. The summed E-state index contributed by atoms with van der Waals surface area (Å²) in [6.45, 7) is 1.88. The van der Waals surface area contributed by atoms with Gasteiger partial charge in [0.1, 0.15) is 5.82 Å². The minimum Gasteiger partial charge on any atom is -0.239 e. The normalized spacial score (nSPS) is 27.9. The monoisotopic (exact) mass is 382 g/mol. The zero-order chi connectivity index (χ0) is 19.7. The summed E-state index contributed by atoms with van der Waals surface area (Å²) in [4.78, 5) is 0. The third kappa shape index (κ3) is 3.67. The first kappa shape index (κ1) is 19.0. The summed E-state index contributed by atoms with van der Waals surface area (Å²) in [5, 5.41) is 0. The summed E-state index contributed by atoms with van der Waals surface area (Å²) in [6, 6.07) is 14.5. The quantitative estimate of drug-likeness (QED) is 0.531. The number of rotatable bonds is 3. The Balaban J connectivity index is 1.48. The fraction of sp³-hybridized carbons (Fsp3) is 0.360. The Bertz CT molecular complexity index is 889. The van der Waals surface area contributed by atoms with Gasteiger partial charge in [0.05, 0.1) is 0 Å². The van der Waals surface area contributed by atoms with Crippen LogP contribution in [0.5, 0.6) is 0 Å². The number of halogens is 3. The van der Waals surface area contributed by atoms with Crippen LogP contribution in [0.25, 0.3) is 5.57 Å². The smallest absolute Gasteiger partial charge is 0.161 e. The predicted octanol–water partition coefficient (Wildman–Crippen LogP) is 7.11. The molecule has 0 N–H and O–H groups in total. The van der Waals surface area contributed by atoms with E-state index in [-0.39, 0.29) is 17.7 Å². The third-order valence-electron chi connectivity index (χ3n) is 6.23. The van der Waals surface area contributed by atoms with E-state index in [9.17, 15) is 13.2 Å². The number of hydrogen-bond donors (Lipinski definition) is 0. The summed E-state index contributed by atoms with van der Waals surface area (Å²) in [5.41, 5.74) is 3.37. The van der Waals surface area contributed by atoms with E-state index in [1.807, 2.05) is 49.4 Å². The molecule has 2 atom stereocenters. The molecule has 2 aliphatic carbocycles. The molecule has 0 bridgehead atoms. The van der Waals surface area contributed by atoms with Gasteiger partial charge in [-0.3, -0.25) is 0 Å². The van der Waals surface area contributed by atoms with Crippen molar-refractivity contribution in [1.29, 1.82) is 0 Å². The molecular weight excluding hydrogens is 357 g/mol. The zero-order valence-electron chi connectivity index (χ0n) is 16.0. The summed E-state index contributed by atoms with van der Waals surface area (Å²) in [7, 11) is 0. The molecule has 0 aliphatic heterocycles. The van der Waals surface area contributed by atoms with Crippen molar-refractivity contribution in [1.82, 2.24) is 0 Å². The van der Waals surface area contributed by atoms with Crippen molar-refractivity contribution < 1.29 is 13.2 Å². The molecule has 28 heavy (non-hydrogen) atoms. The fourth-order valence-electron chi connectivity index (χ4n) is 4.64. The van der Waals surface area contributed by atoms with E-state index < -0.39 is 12.3 Å². The highest BCUT2D eigenvalue weighted by atomic mass is 19.2. The van der Waals surface area contributed by atoms with E-state index in [2.05, 4.69) is 0 Å². The Morgan fingerprint density at radius 2 is 1.46 bits per heavy atom. The maximum atomic E-state index is 14.9. The average molecular weight is 382 g/mol. The van der Waals surface area contributed by atoms with Gasteiger partial charge in [0.15, 0.2) is 12.3 Å². The van der Waals surface area contributed by atoms with Crippen LogP contribution in [0.4, 0.5) is 13.2 Å². The molecule has 4 rings (SSSR count). The van der Waals surface area contributed by atoms with Crippen molar-refractivity contribution in [2.45, 2.75) is 50.9 Å². The standard InChI is InChI=1S/C25H25F3/c1-16-7-12-20(23(26)15-16)18-8-10-19(11-9-18)22-14-13-21(24(27)25(22)28)17-5-3-2-4-6-17/h2-7,12-15,18-19,24-25H,8-11H2,1H3. The molecule has 0 nitrogen and oxygen atoms in total. The van der Waals surface area contributed by atoms with Gasteiger partial charge in [0.25, 0.3) is 0 Å². The van der Waals surface area contributed by atoms with Crippen LogP contribution in [-0.2, 0) is 0 Å². The SMILES string of the molecule is Cc1ccc(C2CCC(C3=CC=C(c4ccccc4)C(F)C3F)CC2)c(F)c1. The molecule has 0 saturated heterocycles. The van der Waals surface area contributed by atoms with Crippen LogP contribution in [0.1, 0.15) is 48.3 Å². The third-order valence-corrected chi connectivity index (χ3v) is 6.23. The molecule has 1 fully saturated rings. The molecular formula is C25H25F3. The molecule has 1 saturated carbocycles. The van der Waals surface area contributed by atoms with Gasteiger partial charge >= 0.3 is 0 Å². The van der Waals surface area contributed by atoms with Crippen LogP contribution in [-0.4, -0.2) is 12.3 Å². The van der Waals surface area contributed by atoms with Gasteiger partial charge in [-0.2, -0.15) is 0 Å². The first-order valence-electron chi connectivity index (χ1n) is 10.1. The Labute approximate surface area is 164 Å². The minimum absolute atomic E-state index is 0.0339. The Hall–Kier alpha value is -2.29. The van der Waals surface area contributed by atoms with Gasteiger partial charge in [-0.05, 0) is 78.3 Å². The fourth-order valence-corrected chi connectivity index (χ4v) is 4.64. The number of allylic oxidation sites excluding steroid dienone is 4. The minimum atomic E-state index is -1.63. The van der Waals surface area contributed by atoms with Crippen molar-refractivity contribution in [3.63, 3.8) is 0 Å². The lowest BCUT2D eigenvalue weighted by Crippen LogP contribution is -2.29. The zero-order valence-corrected chi connectivity index (χ0v) is 16.0. The topological polar surface area (TPSA) is 0 Å². The molecule has 0 aromatic heterocycles. The summed E-state index contributed by atoms with van der Waals surface area (Å²) in [5.74, 6) is 0.0465. The number of aryl methyl sites for hydroxylation is 1. The molecule has 2 aliphatic rings. The van der Waals surface area contributed by atoms with Gasteiger partial charge in [-0.25, -0.2) is 13.2 Å². The molecule has 0 amide bonds. The van der Waals surface area contributed by atoms with Crippen molar-refractivity contribution in [3.8, 4) is 0 Å². The Morgan fingerprint density at radius 3 is 2.14 bits per heavy atom. The molecule has 0 radical (unpaired) electrons. The lowest BCUT2D eigenvalue weighted by molar-refractivity contribution is 0.214. The van der Waals surface area contributed by atoms with E-state index >= 15 is 0 Å². The molecule has 146 valence electrons. The molecule has 2 aromatic rings. The van der Waals surface area contributed by atoms with Crippen LogP contribution < -0.4 is 0 Å². The molecule has 0 heterocycles. The second-order valence-corrected chi connectivity index (χ2v) is 8.03. The van der Waals surface area contributed by atoms with Crippen molar-refractivity contribution >= 4 is 5.57 Å². The van der Waals surface area contributed by atoms with E-state index in [0.29, 0.717) is 11.1 Å². The van der Waals surface area contributed by atoms with Gasteiger partial charge < -0.3 is 0 Å². The second-order valence-electron chi connectivity index (χ2n) is 8.03. The largest absolute Gasteiger partial charge is 0.239 e. The van der Waals surface area contributed by atoms with Crippen LogP contribution in [0.2, 0.25) is 0 Å². The maximum absolute atomic E-state index is 14.9. The van der Waals surface area contributed by atoms with Gasteiger partial charge in [-0.1, -0.05) is 54.6 Å². The lowest BCUT2D eigenvalue weighted by atomic mass is 9.73. The maximum Gasteiger partial charge on any atom is 0.161 e. The highest BCUT2D eigenvalue weighted by Gasteiger charge is 2.36. The van der Waals surface area contributed by atoms with E-state index in [4.69, 9.17) is 0 Å². The summed E-state index contributed by atoms with van der Waals surface area (Å²) >= 11 is 0. The first-order valence-corrected chi connectivity index (χ1v) is 10.1. The Kier molecular flexibility index (Phi) is 5.43. The summed E-state index contributed by atoms with van der Waals surface area (Å²) < 4.78 is 44.1.